The number of carboxylic acids is 1. The second-order valence-electron chi connectivity index (χ2n) is 7.60. The van der Waals surface area contributed by atoms with Gasteiger partial charge in [-0.05, 0) is 48.9 Å². The molecular weight excluding hydrogens is 404 g/mol. The minimum atomic E-state index is -1.05. The van der Waals surface area contributed by atoms with Crippen molar-refractivity contribution in [1.29, 1.82) is 5.26 Å². The van der Waals surface area contributed by atoms with Crippen molar-refractivity contribution >= 4 is 17.3 Å². The van der Waals surface area contributed by atoms with Gasteiger partial charge >= 0.3 is 5.97 Å². The van der Waals surface area contributed by atoms with E-state index in [0.29, 0.717) is 18.5 Å². The molecule has 7 heteroatoms. The van der Waals surface area contributed by atoms with Crippen molar-refractivity contribution in [2.24, 2.45) is 0 Å². The van der Waals surface area contributed by atoms with Crippen molar-refractivity contribution in [3.05, 3.63) is 83.5 Å². The molecular formula is C25H18N4O3. The number of nitrogens with zero attached hydrogens (tertiary/aromatic N) is 4. The number of fused-ring (bicyclic) bond motifs is 3. The van der Waals surface area contributed by atoms with Gasteiger partial charge in [0, 0.05) is 47.2 Å². The summed E-state index contributed by atoms with van der Waals surface area (Å²) in [6.45, 7) is 2.62. The van der Waals surface area contributed by atoms with Crippen LogP contribution in [-0.2, 0) is 6.42 Å². The largest absolute Gasteiger partial charge is 0.477 e. The fourth-order valence-corrected chi connectivity index (χ4v) is 4.09. The monoisotopic (exact) mass is 422 g/mol. The minimum absolute atomic E-state index is 0.00690. The number of aromatic carboxylic acids is 1. The topological polar surface area (TPSA) is 103 Å². The molecule has 156 valence electrons. The number of hydrogen-bond acceptors (Lipinski definition) is 6. The summed E-state index contributed by atoms with van der Waals surface area (Å²) in [5.74, 6) is -0.207. The second-order valence-corrected chi connectivity index (χ2v) is 7.60. The molecule has 1 N–H and O–H groups in total. The standard InChI is InChI=1S/C25H18N4O3/c1-15-24-20-8-4-17(18-5-9-21(25(30)31)27-14-18)12-22(20)29(11-10-23(24)32-28-15)19-6-2-16(13-26)3-7-19/h2-9,12,14H,10-11H2,1H3,(H,30,31). The summed E-state index contributed by atoms with van der Waals surface area (Å²) in [6, 6.07) is 19.0. The lowest BCUT2D eigenvalue weighted by atomic mass is 9.97. The lowest BCUT2D eigenvalue weighted by Gasteiger charge is -2.26. The van der Waals surface area contributed by atoms with Crippen molar-refractivity contribution < 1.29 is 14.4 Å². The molecule has 0 radical (unpaired) electrons. The first-order valence-electron chi connectivity index (χ1n) is 10.1. The summed E-state index contributed by atoms with van der Waals surface area (Å²) in [5, 5.41) is 22.5. The number of rotatable bonds is 3. The zero-order chi connectivity index (χ0) is 22.2. The van der Waals surface area contributed by atoms with Crippen LogP contribution in [0.4, 0.5) is 11.4 Å². The van der Waals surface area contributed by atoms with Gasteiger partial charge in [-0.1, -0.05) is 23.4 Å². The van der Waals surface area contributed by atoms with Crippen molar-refractivity contribution in [1.82, 2.24) is 10.1 Å². The Bertz CT molecular complexity index is 1370. The Morgan fingerprint density at radius 1 is 1.12 bits per heavy atom. The van der Waals surface area contributed by atoms with Crippen molar-refractivity contribution in [3.63, 3.8) is 0 Å². The van der Waals surface area contributed by atoms with Crippen LogP contribution in [0.2, 0.25) is 0 Å². The van der Waals surface area contributed by atoms with Crippen molar-refractivity contribution in [3.8, 4) is 28.3 Å². The maximum Gasteiger partial charge on any atom is 0.354 e. The first kappa shape index (κ1) is 19.5. The summed E-state index contributed by atoms with van der Waals surface area (Å²) in [4.78, 5) is 17.4. The van der Waals surface area contributed by atoms with E-state index in [9.17, 15) is 4.79 Å². The molecule has 0 saturated carbocycles. The van der Waals surface area contributed by atoms with E-state index in [0.717, 1.165) is 45.1 Å². The molecule has 1 aliphatic heterocycles. The zero-order valence-electron chi connectivity index (χ0n) is 17.2. The second kappa shape index (κ2) is 7.67. The van der Waals surface area contributed by atoms with E-state index < -0.39 is 5.97 Å². The molecule has 0 fully saturated rings. The molecule has 0 saturated heterocycles. The maximum absolute atomic E-state index is 11.1. The Balaban J connectivity index is 1.66. The third-order valence-corrected chi connectivity index (χ3v) is 5.68. The van der Waals surface area contributed by atoms with Crippen molar-refractivity contribution in [2.45, 2.75) is 13.3 Å². The molecule has 0 spiro atoms. The number of aromatic nitrogens is 2. The summed E-state index contributed by atoms with van der Waals surface area (Å²) < 4.78 is 5.61. The van der Waals surface area contributed by atoms with Crippen molar-refractivity contribution in [2.75, 3.05) is 11.4 Å². The molecule has 7 nitrogen and oxygen atoms in total. The van der Waals surface area contributed by atoms with Crippen LogP contribution in [0.25, 0.3) is 22.3 Å². The van der Waals surface area contributed by atoms with E-state index >= 15 is 0 Å². The summed E-state index contributed by atoms with van der Waals surface area (Å²) in [6.07, 6.45) is 2.26. The Morgan fingerprint density at radius 3 is 2.59 bits per heavy atom. The van der Waals surface area contributed by atoms with Gasteiger partial charge in [-0.15, -0.1) is 0 Å². The van der Waals surface area contributed by atoms with Gasteiger partial charge in [0.15, 0.2) is 0 Å². The number of nitriles is 1. The van der Waals surface area contributed by atoms with Gasteiger partial charge in [-0.25, -0.2) is 9.78 Å². The van der Waals surface area contributed by atoms with Gasteiger partial charge in [0.2, 0.25) is 0 Å². The molecule has 0 bridgehead atoms. The third-order valence-electron chi connectivity index (χ3n) is 5.68. The van der Waals surface area contributed by atoms with Gasteiger partial charge in [-0.2, -0.15) is 5.26 Å². The molecule has 1 aliphatic rings. The van der Waals surface area contributed by atoms with E-state index in [2.05, 4.69) is 27.2 Å². The van der Waals surface area contributed by atoms with Crippen LogP contribution < -0.4 is 4.90 Å². The van der Waals surface area contributed by atoms with E-state index in [1.54, 1.807) is 12.3 Å². The SMILES string of the molecule is Cc1noc2c1-c1ccc(-c3ccc(C(=O)O)nc3)cc1N(c1ccc(C#N)cc1)CC2. The van der Waals surface area contributed by atoms with Crippen LogP contribution in [0.1, 0.15) is 27.5 Å². The number of anilines is 2. The van der Waals surface area contributed by atoms with E-state index in [1.165, 1.54) is 6.07 Å². The van der Waals surface area contributed by atoms with Gasteiger partial charge < -0.3 is 14.5 Å². The van der Waals surface area contributed by atoms with Crippen LogP contribution in [0, 0.1) is 18.3 Å². The molecule has 0 unspecified atom stereocenters. The number of aryl methyl sites for hydroxylation is 1. The van der Waals surface area contributed by atoms with Gasteiger partial charge in [-0.3, -0.25) is 0 Å². The molecule has 0 aliphatic carbocycles. The summed E-state index contributed by atoms with van der Waals surface area (Å²) in [5.41, 5.74) is 7.16. The number of carbonyl (C=O) groups is 1. The quantitative estimate of drug-likeness (QED) is 0.497. The van der Waals surface area contributed by atoms with Crippen LogP contribution in [0.3, 0.4) is 0 Å². The highest BCUT2D eigenvalue weighted by atomic mass is 16.5. The molecule has 2 aromatic carbocycles. The average molecular weight is 422 g/mol. The van der Waals surface area contributed by atoms with Gasteiger partial charge in [0.25, 0.3) is 0 Å². The third kappa shape index (κ3) is 3.28. The van der Waals surface area contributed by atoms with E-state index in [1.807, 2.05) is 43.3 Å². The first-order valence-corrected chi connectivity index (χ1v) is 10.1. The normalized spacial score (nSPS) is 12.4. The summed E-state index contributed by atoms with van der Waals surface area (Å²) in [7, 11) is 0. The zero-order valence-corrected chi connectivity index (χ0v) is 17.2. The molecule has 32 heavy (non-hydrogen) atoms. The Kier molecular flexibility index (Phi) is 4.68. The number of hydrogen-bond donors (Lipinski definition) is 1. The Hall–Kier alpha value is -4.44. The molecule has 2 aromatic heterocycles. The fourth-order valence-electron chi connectivity index (χ4n) is 4.09. The molecule has 5 rings (SSSR count). The van der Waals surface area contributed by atoms with Crippen LogP contribution in [-0.4, -0.2) is 27.8 Å². The van der Waals surface area contributed by atoms with E-state index in [-0.39, 0.29) is 5.69 Å². The number of benzene rings is 2. The van der Waals surface area contributed by atoms with Crippen LogP contribution in [0.5, 0.6) is 0 Å². The highest BCUT2D eigenvalue weighted by Gasteiger charge is 2.26. The smallest absolute Gasteiger partial charge is 0.354 e. The van der Waals surface area contributed by atoms with Gasteiger partial charge in [0.05, 0.1) is 17.3 Å². The van der Waals surface area contributed by atoms with Crippen LogP contribution in [0.15, 0.2) is 65.3 Å². The molecule has 3 heterocycles. The first-order chi connectivity index (χ1) is 15.5. The van der Waals surface area contributed by atoms with Crippen LogP contribution >= 0.6 is 0 Å². The Morgan fingerprint density at radius 2 is 1.91 bits per heavy atom. The molecule has 0 amide bonds. The maximum atomic E-state index is 11.1. The van der Waals surface area contributed by atoms with E-state index in [4.69, 9.17) is 14.9 Å². The predicted molar refractivity (Wildman–Crippen MR) is 119 cm³/mol. The highest BCUT2D eigenvalue weighted by Crippen LogP contribution is 2.43. The minimum Gasteiger partial charge on any atom is -0.477 e. The fraction of sp³-hybridized carbons (Fsp3) is 0.120. The average Bonchev–Trinajstić information content (AvgIpc) is 3.10. The lowest BCUT2D eigenvalue weighted by Crippen LogP contribution is -2.19. The van der Waals surface area contributed by atoms with Gasteiger partial charge in [0.1, 0.15) is 11.5 Å². The molecule has 0 atom stereocenters. The molecule has 4 aromatic rings. The Labute approximate surface area is 184 Å². The number of pyridine rings is 1. The summed E-state index contributed by atoms with van der Waals surface area (Å²) >= 11 is 0. The predicted octanol–water partition coefficient (Wildman–Crippen LogP) is 4.98. The highest BCUT2D eigenvalue weighted by molar-refractivity contribution is 5.89. The lowest BCUT2D eigenvalue weighted by molar-refractivity contribution is 0.0690. The number of carboxylic acid groups (broad SMARTS) is 1.